The second-order valence-electron chi connectivity index (χ2n) is 16.4. The lowest BCUT2D eigenvalue weighted by atomic mass is 10.0. The van der Waals surface area contributed by atoms with Gasteiger partial charge >= 0.3 is 23.9 Å². The van der Waals surface area contributed by atoms with Crippen molar-refractivity contribution in [3.8, 4) is 0 Å². The van der Waals surface area contributed by atoms with Crippen molar-refractivity contribution in [3.05, 3.63) is 47.0 Å². The van der Waals surface area contributed by atoms with Crippen LogP contribution in [0.2, 0.25) is 0 Å². The number of rotatable bonds is 38. The second-order valence-corrected chi connectivity index (χ2v) is 16.4. The van der Waals surface area contributed by atoms with E-state index >= 15 is 0 Å². The molecule has 1 aromatic carbocycles. The van der Waals surface area contributed by atoms with E-state index in [9.17, 15) is 34.5 Å². The van der Waals surface area contributed by atoms with E-state index in [0.717, 1.165) is 11.1 Å². The zero-order valence-corrected chi connectivity index (χ0v) is 40.9. The summed E-state index contributed by atoms with van der Waals surface area (Å²) in [5.41, 5.74) is 1.99. The molecule has 0 bridgehead atoms. The molecular weight excluding hydrogens is 921 g/mol. The molecule has 24 heteroatoms. The molecule has 2 heterocycles. The van der Waals surface area contributed by atoms with Crippen LogP contribution in [0.15, 0.2) is 24.3 Å². The Hall–Kier alpha value is -4.57. The van der Waals surface area contributed by atoms with Crippen molar-refractivity contribution in [2.24, 2.45) is 0 Å². The molecule has 70 heavy (non-hydrogen) atoms. The number of hydrogen-bond acceptors (Lipinski definition) is 20. The maximum Gasteiger partial charge on any atom is 0.317 e. The average Bonchev–Trinajstić information content (AvgIpc) is 3.30. The SMILES string of the molecule is Cc1nc(Cc2ccc(CC3CN(C)CCN(CC(=O)O)CCN(CC(=O)O)CCN3CC(=O)O)cc2)nc(NCCOCCOCCOCCOCCOCCOCCOCCOCCC(=O)O)n1. The number of anilines is 1. The summed E-state index contributed by atoms with van der Waals surface area (Å²) < 4.78 is 43.7. The van der Waals surface area contributed by atoms with Gasteiger partial charge in [-0.3, -0.25) is 33.9 Å². The Bertz CT molecular complexity index is 1750. The van der Waals surface area contributed by atoms with E-state index in [4.69, 9.17) is 43.0 Å². The maximum absolute atomic E-state index is 12.1. The molecule has 0 amide bonds. The minimum absolute atomic E-state index is 0.0197. The van der Waals surface area contributed by atoms with Gasteiger partial charge in [0.15, 0.2) is 0 Å². The van der Waals surface area contributed by atoms with Crippen LogP contribution >= 0.6 is 0 Å². The van der Waals surface area contributed by atoms with Gasteiger partial charge in [-0.15, -0.1) is 0 Å². The highest BCUT2D eigenvalue weighted by Crippen LogP contribution is 2.16. The van der Waals surface area contributed by atoms with Gasteiger partial charge < -0.3 is 68.5 Å². The largest absolute Gasteiger partial charge is 0.481 e. The van der Waals surface area contributed by atoms with Gasteiger partial charge in [0.05, 0.1) is 132 Å². The number of aromatic nitrogens is 3. The van der Waals surface area contributed by atoms with Gasteiger partial charge in [0.1, 0.15) is 11.6 Å². The molecule has 5 N–H and O–H groups in total. The maximum atomic E-state index is 12.1. The fourth-order valence-corrected chi connectivity index (χ4v) is 7.09. The zero-order chi connectivity index (χ0) is 50.6. The Labute approximate surface area is 410 Å². The number of ether oxygens (including phenoxy) is 8. The Balaban J connectivity index is 1.28. The van der Waals surface area contributed by atoms with Crippen LogP contribution in [0.3, 0.4) is 0 Å². The number of likely N-dealkylation sites (N-methyl/N-ethyl adjacent to an activating group) is 1. The second kappa shape index (κ2) is 37.2. The van der Waals surface area contributed by atoms with Crippen LogP contribution in [-0.2, 0) is 69.9 Å². The third-order valence-electron chi connectivity index (χ3n) is 10.6. The molecule has 0 radical (unpaired) electrons. The molecule has 1 aromatic heterocycles. The quantitative estimate of drug-likeness (QED) is 0.0545. The Morgan fingerprint density at radius 2 is 0.971 bits per heavy atom. The van der Waals surface area contributed by atoms with Crippen molar-refractivity contribution < 1.29 is 77.5 Å². The first-order valence-corrected chi connectivity index (χ1v) is 23.8. The minimum atomic E-state index is -1.00. The van der Waals surface area contributed by atoms with Gasteiger partial charge in [0.2, 0.25) is 5.95 Å². The van der Waals surface area contributed by atoms with E-state index in [1.807, 2.05) is 43.1 Å². The molecule has 1 fully saturated rings. The van der Waals surface area contributed by atoms with Crippen LogP contribution in [0, 0.1) is 6.92 Å². The molecule has 3 rings (SSSR count). The topological polar surface area (TPSA) is 287 Å². The summed E-state index contributed by atoms with van der Waals surface area (Å²) in [6, 6.07) is 7.84. The number of nitrogens with zero attached hydrogens (tertiary/aromatic N) is 7. The Morgan fingerprint density at radius 1 is 0.543 bits per heavy atom. The number of carboxylic acids is 4. The molecule has 1 aliphatic heterocycles. The van der Waals surface area contributed by atoms with Crippen LogP contribution < -0.4 is 5.32 Å². The van der Waals surface area contributed by atoms with E-state index in [1.165, 1.54) is 0 Å². The van der Waals surface area contributed by atoms with E-state index in [2.05, 4.69) is 25.2 Å². The number of carbonyl (C=O) groups is 4. The molecular formula is C46H76N8O16. The Kier molecular flexibility index (Phi) is 31.8. The first kappa shape index (κ1) is 59.7. The van der Waals surface area contributed by atoms with Crippen LogP contribution in [-0.4, -0.2) is 270 Å². The molecule has 396 valence electrons. The molecule has 1 atom stereocenters. The smallest absolute Gasteiger partial charge is 0.317 e. The fourth-order valence-electron chi connectivity index (χ4n) is 7.09. The van der Waals surface area contributed by atoms with Gasteiger partial charge in [-0.05, 0) is 31.5 Å². The van der Waals surface area contributed by atoms with Gasteiger partial charge in [0.25, 0.3) is 0 Å². The number of nitrogens with one attached hydrogen (secondary N) is 1. The summed E-state index contributed by atoms with van der Waals surface area (Å²) in [5, 5.41) is 40.6. The number of aryl methyl sites for hydroxylation is 1. The summed E-state index contributed by atoms with van der Waals surface area (Å²) in [5.74, 6) is -2.18. The first-order valence-electron chi connectivity index (χ1n) is 23.8. The summed E-state index contributed by atoms with van der Waals surface area (Å²) in [4.78, 5) is 66.8. The lowest BCUT2D eigenvalue weighted by Crippen LogP contribution is -2.52. The predicted molar refractivity (Wildman–Crippen MR) is 253 cm³/mol. The van der Waals surface area contributed by atoms with Crippen molar-refractivity contribution >= 4 is 29.8 Å². The van der Waals surface area contributed by atoms with Crippen LogP contribution in [0.5, 0.6) is 0 Å². The number of hydrogen-bond donors (Lipinski definition) is 5. The van der Waals surface area contributed by atoms with Crippen molar-refractivity contribution in [1.29, 1.82) is 0 Å². The fraction of sp³-hybridized carbons (Fsp3) is 0.717. The standard InChI is InChI=1S/C46H76N8O16/c1-37-48-41(50-46(49-37)47-8-16-64-18-20-66-22-24-68-26-28-70-30-29-69-27-25-67-23-21-65-19-17-63-15-7-42(55)56)32-39-5-3-38(4-6-39)31-40-33-51(2)9-10-52(34-43(57)58)11-12-53(35-44(59)60)13-14-54(40)36-45(61)62/h3-6,40H,7-36H2,1-2H3,(H,55,56)(H,57,58)(H,59,60)(H,61,62)(H,47,48,49,50). The lowest BCUT2D eigenvalue weighted by Gasteiger charge is -2.37. The third-order valence-corrected chi connectivity index (χ3v) is 10.6. The molecule has 1 aliphatic rings. The number of aliphatic carboxylic acids is 4. The van der Waals surface area contributed by atoms with Gasteiger partial charge in [0, 0.05) is 64.8 Å². The molecule has 0 aliphatic carbocycles. The van der Waals surface area contributed by atoms with Crippen molar-refractivity contribution in [1.82, 2.24) is 34.6 Å². The van der Waals surface area contributed by atoms with Crippen molar-refractivity contribution in [2.75, 3.05) is 190 Å². The van der Waals surface area contributed by atoms with Crippen LogP contribution in [0.4, 0.5) is 5.95 Å². The summed E-state index contributed by atoms with van der Waals surface area (Å²) in [7, 11) is 1.94. The highest BCUT2D eigenvalue weighted by Gasteiger charge is 2.26. The molecule has 0 saturated carbocycles. The molecule has 1 saturated heterocycles. The third kappa shape index (κ3) is 30.2. The monoisotopic (exact) mass is 997 g/mol. The van der Waals surface area contributed by atoms with E-state index < -0.39 is 23.9 Å². The zero-order valence-electron chi connectivity index (χ0n) is 40.9. The molecule has 0 spiro atoms. The first-order chi connectivity index (χ1) is 33.9. The van der Waals surface area contributed by atoms with Gasteiger partial charge in [-0.2, -0.15) is 9.97 Å². The van der Waals surface area contributed by atoms with Crippen molar-refractivity contribution in [2.45, 2.75) is 32.2 Å². The van der Waals surface area contributed by atoms with Crippen LogP contribution in [0.25, 0.3) is 0 Å². The van der Waals surface area contributed by atoms with Gasteiger partial charge in [-0.25, -0.2) is 4.98 Å². The predicted octanol–water partition coefficient (Wildman–Crippen LogP) is -0.193. The lowest BCUT2D eigenvalue weighted by molar-refractivity contribution is -0.141. The molecule has 2 aromatic rings. The minimum Gasteiger partial charge on any atom is -0.481 e. The normalized spacial score (nSPS) is 15.9. The number of benzene rings is 1. The highest BCUT2D eigenvalue weighted by atomic mass is 16.6. The van der Waals surface area contributed by atoms with E-state index in [-0.39, 0.29) is 38.7 Å². The average molecular weight is 997 g/mol. The van der Waals surface area contributed by atoms with E-state index in [0.29, 0.717) is 182 Å². The van der Waals surface area contributed by atoms with E-state index in [1.54, 1.807) is 9.80 Å². The summed E-state index contributed by atoms with van der Waals surface area (Å²) >= 11 is 0. The van der Waals surface area contributed by atoms with Crippen molar-refractivity contribution in [3.63, 3.8) is 0 Å². The van der Waals surface area contributed by atoms with Crippen LogP contribution in [0.1, 0.15) is 29.2 Å². The highest BCUT2D eigenvalue weighted by molar-refractivity contribution is 5.70. The Morgan fingerprint density at radius 3 is 1.44 bits per heavy atom. The molecule has 24 nitrogen and oxygen atoms in total. The summed E-state index contributed by atoms with van der Waals surface area (Å²) in [6.45, 7) is 11.2. The molecule has 1 unspecified atom stereocenters. The van der Waals surface area contributed by atoms with Gasteiger partial charge in [-0.1, -0.05) is 24.3 Å². The summed E-state index contributed by atoms with van der Waals surface area (Å²) in [6.07, 6.45) is 0.995. The number of carboxylic acid groups (broad SMARTS) is 4.